The second kappa shape index (κ2) is 13.2. The molecule has 8 nitrogen and oxygen atoms in total. The molecule has 4 aromatic carbocycles. The van der Waals surface area contributed by atoms with Gasteiger partial charge in [-0.05, 0) is 74.0 Å². The number of benzene rings is 4. The largest absolute Gasteiger partial charge is 0.494 e. The van der Waals surface area contributed by atoms with Gasteiger partial charge in [-0.1, -0.05) is 73.2 Å². The van der Waals surface area contributed by atoms with Gasteiger partial charge in [-0.15, -0.1) is 0 Å². The highest BCUT2D eigenvalue weighted by Gasteiger charge is 2.22. The van der Waals surface area contributed by atoms with Crippen molar-refractivity contribution in [2.75, 3.05) is 17.8 Å². The SMILES string of the molecule is O=S(=O)(Nc1ccc2[nH]c(O)c(C(=Nc3ccc(CN4CCCCC4)cc3)c3ccccc3)c2c1)c1ccccc1-c1cccnc1. The summed E-state index contributed by atoms with van der Waals surface area (Å²) >= 11 is 0. The molecule has 3 heterocycles. The first-order chi connectivity index (χ1) is 22.9. The van der Waals surface area contributed by atoms with E-state index in [-0.39, 0.29) is 10.8 Å². The Bertz CT molecular complexity index is 2140. The molecule has 0 aliphatic carbocycles. The maximum Gasteiger partial charge on any atom is 0.262 e. The van der Waals surface area contributed by atoms with Crippen LogP contribution in [0, 0.1) is 0 Å². The van der Waals surface area contributed by atoms with Crippen molar-refractivity contribution in [2.45, 2.75) is 30.7 Å². The predicted molar refractivity (Wildman–Crippen MR) is 188 cm³/mol. The van der Waals surface area contributed by atoms with Crippen molar-refractivity contribution in [1.29, 1.82) is 0 Å². The highest BCUT2D eigenvalue weighted by atomic mass is 32.2. The lowest BCUT2D eigenvalue weighted by atomic mass is 10.0. The maximum absolute atomic E-state index is 13.8. The van der Waals surface area contributed by atoms with E-state index in [1.54, 1.807) is 60.9 Å². The topological polar surface area (TPSA) is 111 Å². The molecule has 2 aromatic heterocycles. The van der Waals surface area contributed by atoms with Crippen LogP contribution in [-0.4, -0.2) is 47.2 Å². The standard InChI is InChI=1S/C38H35N5O3S/c44-38-36(37(28-10-3-1-4-11-28)40-30-17-15-27(16-18-30)26-43-22-7-2-8-23-43)33-24-31(19-20-34(33)41-38)42-47(45,46)35-14-6-5-13-32(35)29-12-9-21-39-25-29/h1,3-6,9-21,24-25,41-42,44H,2,7-8,22-23,26H2. The number of nitrogens with one attached hydrogen (secondary N) is 2. The van der Waals surface area contributed by atoms with Gasteiger partial charge in [0.25, 0.3) is 10.0 Å². The first-order valence-corrected chi connectivity index (χ1v) is 17.3. The Morgan fingerprint density at radius 2 is 1.64 bits per heavy atom. The van der Waals surface area contributed by atoms with Crippen LogP contribution in [0.1, 0.15) is 36.0 Å². The van der Waals surface area contributed by atoms with E-state index in [9.17, 15) is 13.5 Å². The van der Waals surface area contributed by atoms with E-state index in [2.05, 4.69) is 31.7 Å². The van der Waals surface area contributed by atoms with Crippen LogP contribution in [0.15, 0.2) is 131 Å². The first kappa shape index (κ1) is 30.4. The zero-order valence-electron chi connectivity index (χ0n) is 25.8. The van der Waals surface area contributed by atoms with Gasteiger partial charge in [0.2, 0.25) is 0 Å². The summed E-state index contributed by atoms with van der Waals surface area (Å²) in [5, 5.41) is 11.9. The Hall–Kier alpha value is -5.25. The number of aromatic amines is 1. The van der Waals surface area contributed by atoms with Gasteiger partial charge in [-0.25, -0.2) is 13.4 Å². The lowest BCUT2D eigenvalue weighted by Gasteiger charge is -2.26. The van der Waals surface area contributed by atoms with Crippen LogP contribution in [0.3, 0.4) is 0 Å². The molecular weight excluding hydrogens is 607 g/mol. The van der Waals surface area contributed by atoms with Crippen LogP contribution < -0.4 is 4.72 Å². The number of fused-ring (bicyclic) bond motifs is 1. The predicted octanol–water partition coefficient (Wildman–Crippen LogP) is 7.89. The molecular formula is C38H35N5O3S. The third-order valence-corrected chi connectivity index (χ3v) is 9.94. The van der Waals surface area contributed by atoms with Crippen molar-refractivity contribution in [3.63, 3.8) is 0 Å². The van der Waals surface area contributed by atoms with Crippen molar-refractivity contribution in [3.8, 4) is 17.0 Å². The summed E-state index contributed by atoms with van der Waals surface area (Å²) in [5.41, 5.74) is 6.12. The van der Waals surface area contributed by atoms with Crippen LogP contribution in [0.25, 0.3) is 22.0 Å². The Labute approximate surface area is 274 Å². The number of hydrogen-bond donors (Lipinski definition) is 3. The van der Waals surface area contributed by atoms with Gasteiger partial charge >= 0.3 is 0 Å². The van der Waals surface area contributed by atoms with E-state index in [0.717, 1.165) is 30.9 Å². The molecule has 236 valence electrons. The van der Waals surface area contributed by atoms with Crippen LogP contribution >= 0.6 is 0 Å². The summed E-state index contributed by atoms with van der Waals surface area (Å²) in [5.74, 6) is -0.0498. The van der Waals surface area contributed by atoms with Crippen molar-refractivity contribution in [2.24, 2.45) is 4.99 Å². The van der Waals surface area contributed by atoms with Crippen molar-refractivity contribution >= 4 is 38.0 Å². The number of nitrogens with zero attached hydrogens (tertiary/aromatic N) is 3. The average molecular weight is 642 g/mol. The van der Waals surface area contributed by atoms with Crippen LogP contribution in [0.5, 0.6) is 5.88 Å². The summed E-state index contributed by atoms with van der Waals surface area (Å²) in [6.07, 6.45) is 7.09. The number of piperidine rings is 1. The summed E-state index contributed by atoms with van der Waals surface area (Å²) in [6, 6.07) is 33.5. The Morgan fingerprint density at radius 3 is 2.40 bits per heavy atom. The molecule has 1 aliphatic heterocycles. The zero-order valence-corrected chi connectivity index (χ0v) is 26.6. The lowest BCUT2D eigenvalue weighted by Crippen LogP contribution is -2.28. The molecule has 1 fully saturated rings. The molecule has 0 unspecified atom stereocenters. The molecule has 3 N–H and O–H groups in total. The average Bonchev–Trinajstić information content (AvgIpc) is 3.43. The van der Waals surface area contributed by atoms with Gasteiger partial charge in [-0.2, -0.15) is 0 Å². The number of likely N-dealkylation sites (tertiary alicyclic amines) is 1. The molecule has 1 saturated heterocycles. The number of aromatic nitrogens is 2. The number of aliphatic imine (C=N–C) groups is 1. The van der Waals surface area contributed by atoms with Crippen molar-refractivity contribution in [3.05, 3.63) is 138 Å². The number of hydrogen-bond acceptors (Lipinski definition) is 6. The Balaban J connectivity index is 1.25. The third-order valence-electron chi connectivity index (χ3n) is 8.50. The smallest absolute Gasteiger partial charge is 0.262 e. The molecule has 0 saturated carbocycles. The van der Waals surface area contributed by atoms with E-state index >= 15 is 0 Å². The van der Waals surface area contributed by atoms with Crippen molar-refractivity contribution in [1.82, 2.24) is 14.9 Å². The molecule has 47 heavy (non-hydrogen) atoms. The maximum atomic E-state index is 13.8. The van der Waals surface area contributed by atoms with Gasteiger partial charge in [0, 0.05) is 52.2 Å². The Morgan fingerprint density at radius 1 is 0.872 bits per heavy atom. The lowest BCUT2D eigenvalue weighted by molar-refractivity contribution is 0.221. The number of aromatic hydroxyl groups is 1. The van der Waals surface area contributed by atoms with Gasteiger partial charge < -0.3 is 10.1 Å². The molecule has 6 aromatic rings. The van der Waals surface area contributed by atoms with Gasteiger partial charge in [-0.3, -0.25) is 14.6 Å². The molecule has 0 spiro atoms. The van der Waals surface area contributed by atoms with Crippen LogP contribution in [-0.2, 0) is 16.6 Å². The zero-order chi connectivity index (χ0) is 32.2. The van der Waals surface area contributed by atoms with Crippen molar-refractivity contribution < 1.29 is 13.5 Å². The molecule has 7 rings (SSSR count). The number of rotatable bonds is 9. The number of sulfonamides is 1. The van der Waals surface area contributed by atoms with E-state index in [0.29, 0.717) is 39.0 Å². The van der Waals surface area contributed by atoms with E-state index in [4.69, 9.17) is 4.99 Å². The minimum atomic E-state index is -3.99. The Kier molecular flexibility index (Phi) is 8.56. The summed E-state index contributed by atoms with van der Waals surface area (Å²) < 4.78 is 30.3. The first-order valence-electron chi connectivity index (χ1n) is 15.8. The molecule has 0 bridgehead atoms. The van der Waals surface area contributed by atoms with E-state index in [1.807, 2.05) is 48.5 Å². The number of pyridine rings is 1. The van der Waals surface area contributed by atoms with Crippen LogP contribution in [0.2, 0.25) is 0 Å². The summed E-state index contributed by atoms with van der Waals surface area (Å²) in [4.78, 5) is 14.9. The van der Waals surface area contributed by atoms with Gasteiger partial charge in [0.05, 0.1) is 21.9 Å². The molecule has 0 atom stereocenters. The molecule has 0 radical (unpaired) electrons. The quantitative estimate of drug-likeness (QED) is 0.139. The summed E-state index contributed by atoms with van der Waals surface area (Å²) in [6.45, 7) is 3.18. The fourth-order valence-corrected chi connectivity index (χ4v) is 7.47. The monoisotopic (exact) mass is 641 g/mol. The fraction of sp³-hybridized carbons (Fsp3) is 0.158. The normalized spacial score (nSPS) is 14.3. The molecule has 0 amide bonds. The fourth-order valence-electron chi connectivity index (χ4n) is 6.19. The summed E-state index contributed by atoms with van der Waals surface area (Å²) in [7, 11) is -3.99. The highest BCUT2D eigenvalue weighted by Crippen LogP contribution is 2.35. The van der Waals surface area contributed by atoms with E-state index < -0.39 is 10.0 Å². The third kappa shape index (κ3) is 6.67. The van der Waals surface area contributed by atoms with Gasteiger partial charge in [0.15, 0.2) is 5.88 Å². The van der Waals surface area contributed by atoms with Gasteiger partial charge in [0.1, 0.15) is 0 Å². The van der Waals surface area contributed by atoms with E-state index in [1.165, 1.54) is 24.8 Å². The minimum absolute atomic E-state index is 0.0498. The highest BCUT2D eigenvalue weighted by molar-refractivity contribution is 7.92. The number of anilines is 1. The molecule has 9 heteroatoms. The van der Waals surface area contributed by atoms with Crippen LogP contribution in [0.4, 0.5) is 11.4 Å². The second-order valence-corrected chi connectivity index (χ2v) is 13.4. The molecule has 1 aliphatic rings. The number of H-pyrrole nitrogens is 1. The minimum Gasteiger partial charge on any atom is -0.494 e. The second-order valence-electron chi connectivity index (χ2n) is 11.8.